The summed E-state index contributed by atoms with van der Waals surface area (Å²) in [4.78, 5) is 11.6. The van der Waals surface area contributed by atoms with Gasteiger partial charge in [0, 0.05) is 12.1 Å². The van der Waals surface area contributed by atoms with Gasteiger partial charge in [-0.3, -0.25) is 4.79 Å². The van der Waals surface area contributed by atoms with Gasteiger partial charge in [-0.2, -0.15) is 0 Å². The van der Waals surface area contributed by atoms with Crippen molar-refractivity contribution < 1.29 is 13.9 Å². The van der Waals surface area contributed by atoms with Gasteiger partial charge in [0.15, 0.2) is 0 Å². The van der Waals surface area contributed by atoms with E-state index >= 15 is 0 Å². The van der Waals surface area contributed by atoms with Gasteiger partial charge in [0.05, 0.1) is 18.7 Å². The number of benzene rings is 1. The van der Waals surface area contributed by atoms with Crippen LogP contribution in [-0.2, 0) is 4.79 Å². The Morgan fingerprint density at radius 3 is 2.88 bits per heavy atom. The number of hydrogen-bond donors (Lipinski definition) is 2. The molecule has 0 aliphatic heterocycles. The van der Waals surface area contributed by atoms with Crippen LogP contribution in [-0.4, -0.2) is 19.1 Å². The molecule has 1 amide bonds. The molecular weight excluding hydrogens is 211 g/mol. The standard InChI is InChI=1S/C11H13FN2O2/c1-16-10-4-6(12)2-3-9(10)14-11(15)7-5-8(7)13/h2-4,7-8H,5,13H2,1H3,(H,14,15). The molecule has 0 radical (unpaired) electrons. The van der Waals surface area contributed by atoms with E-state index < -0.39 is 5.82 Å². The first-order valence-corrected chi connectivity index (χ1v) is 5.02. The first kappa shape index (κ1) is 10.9. The molecule has 1 aromatic carbocycles. The molecule has 0 aromatic heterocycles. The van der Waals surface area contributed by atoms with E-state index in [1.807, 2.05) is 0 Å². The van der Waals surface area contributed by atoms with Gasteiger partial charge in [0.25, 0.3) is 0 Å². The number of carbonyl (C=O) groups is 1. The largest absolute Gasteiger partial charge is 0.494 e. The third-order valence-corrected chi connectivity index (χ3v) is 2.60. The van der Waals surface area contributed by atoms with Crippen molar-refractivity contribution in [2.24, 2.45) is 11.7 Å². The summed E-state index contributed by atoms with van der Waals surface area (Å²) in [5.74, 6) is -0.368. The molecule has 2 atom stereocenters. The van der Waals surface area contributed by atoms with Gasteiger partial charge in [0.2, 0.25) is 5.91 Å². The lowest BCUT2D eigenvalue weighted by atomic mass is 10.2. The molecule has 2 rings (SSSR count). The highest BCUT2D eigenvalue weighted by Gasteiger charge is 2.40. The van der Waals surface area contributed by atoms with Gasteiger partial charge in [-0.25, -0.2) is 4.39 Å². The topological polar surface area (TPSA) is 64.3 Å². The van der Waals surface area contributed by atoms with Gasteiger partial charge in [-0.15, -0.1) is 0 Å². The minimum absolute atomic E-state index is 0.0496. The Kier molecular flexibility index (Phi) is 2.78. The van der Waals surface area contributed by atoms with E-state index in [1.54, 1.807) is 0 Å². The van der Waals surface area contributed by atoms with Crippen molar-refractivity contribution in [1.29, 1.82) is 0 Å². The molecule has 86 valence electrons. The maximum Gasteiger partial charge on any atom is 0.229 e. The molecule has 1 saturated carbocycles. The predicted octanol–water partition coefficient (Wildman–Crippen LogP) is 1.12. The zero-order valence-electron chi connectivity index (χ0n) is 8.87. The Hall–Kier alpha value is -1.62. The van der Waals surface area contributed by atoms with Crippen molar-refractivity contribution >= 4 is 11.6 Å². The molecule has 1 aromatic rings. The third kappa shape index (κ3) is 2.14. The van der Waals surface area contributed by atoms with Crippen LogP contribution in [0.15, 0.2) is 18.2 Å². The highest BCUT2D eigenvalue weighted by molar-refractivity contribution is 5.96. The van der Waals surface area contributed by atoms with E-state index in [-0.39, 0.29) is 17.9 Å². The Morgan fingerprint density at radius 1 is 1.62 bits per heavy atom. The fourth-order valence-corrected chi connectivity index (χ4v) is 1.51. The number of anilines is 1. The van der Waals surface area contributed by atoms with E-state index in [0.29, 0.717) is 17.9 Å². The quantitative estimate of drug-likeness (QED) is 0.808. The summed E-state index contributed by atoms with van der Waals surface area (Å²) in [6.45, 7) is 0. The van der Waals surface area contributed by atoms with Crippen molar-refractivity contribution in [3.8, 4) is 5.75 Å². The summed E-state index contributed by atoms with van der Waals surface area (Å²) in [5.41, 5.74) is 6.03. The number of halogens is 1. The van der Waals surface area contributed by atoms with E-state index in [1.165, 1.54) is 25.3 Å². The number of hydrogen-bond acceptors (Lipinski definition) is 3. The van der Waals surface area contributed by atoms with Crippen molar-refractivity contribution in [1.82, 2.24) is 0 Å². The summed E-state index contributed by atoms with van der Waals surface area (Å²) < 4.78 is 17.9. The molecule has 5 heteroatoms. The van der Waals surface area contributed by atoms with Gasteiger partial charge >= 0.3 is 0 Å². The van der Waals surface area contributed by atoms with Crippen LogP contribution in [0, 0.1) is 11.7 Å². The van der Waals surface area contributed by atoms with Crippen LogP contribution >= 0.6 is 0 Å². The summed E-state index contributed by atoms with van der Waals surface area (Å²) in [6, 6.07) is 3.92. The zero-order valence-corrected chi connectivity index (χ0v) is 8.87. The average Bonchev–Trinajstić information content (AvgIpc) is 2.98. The summed E-state index contributed by atoms with van der Waals surface area (Å²) in [5, 5.41) is 2.67. The molecule has 4 nitrogen and oxygen atoms in total. The minimum Gasteiger partial charge on any atom is -0.494 e. The fraction of sp³-hybridized carbons (Fsp3) is 0.364. The number of ether oxygens (including phenoxy) is 1. The van der Waals surface area contributed by atoms with Gasteiger partial charge in [-0.1, -0.05) is 0 Å². The van der Waals surface area contributed by atoms with Crippen LogP contribution in [0.2, 0.25) is 0 Å². The minimum atomic E-state index is -0.405. The normalized spacial score (nSPS) is 22.7. The molecule has 1 aliphatic rings. The number of amides is 1. The van der Waals surface area contributed by atoms with Gasteiger partial charge in [0.1, 0.15) is 11.6 Å². The molecule has 2 unspecified atom stereocenters. The molecule has 1 aliphatic carbocycles. The Labute approximate surface area is 92.6 Å². The molecule has 3 N–H and O–H groups in total. The summed E-state index contributed by atoms with van der Waals surface area (Å²) in [7, 11) is 1.42. The van der Waals surface area contributed by atoms with Gasteiger partial charge < -0.3 is 15.8 Å². The second kappa shape index (κ2) is 4.09. The first-order chi connectivity index (χ1) is 7.61. The second-order valence-electron chi connectivity index (χ2n) is 3.84. The summed E-state index contributed by atoms with van der Waals surface area (Å²) in [6.07, 6.45) is 0.704. The molecule has 0 bridgehead atoms. The number of carbonyl (C=O) groups excluding carboxylic acids is 1. The van der Waals surface area contributed by atoms with Crippen LogP contribution < -0.4 is 15.8 Å². The number of methoxy groups -OCH3 is 1. The number of rotatable bonds is 3. The van der Waals surface area contributed by atoms with Crippen LogP contribution in [0.4, 0.5) is 10.1 Å². The SMILES string of the molecule is COc1cc(F)ccc1NC(=O)C1CC1N. The maximum absolute atomic E-state index is 12.9. The third-order valence-electron chi connectivity index (χ3n) is 2.60. The monoisotopic (exact) mass is 224 g/mol. The molecule has 0 saturated heterocycles. The Balaban J connectivity index is 2.11. The smallest absolute Gasteiger partial charge is 0.229 e. The van der Waals surface area contributed by atoms with Crippen LogP contribution in [0.5, 0.6) is 5.75 Å². The lowest BCUT2D eigenvalue weighted by Gasteiger charge is -2.09. The van der Waals surface area contributed by atoms with E-state index in [2.05, 4.69) is 5.32 Å². The van der Waals surface area contributed by atoms with Crippen molar-refractivity contribution in [3.63, 3.8) is 0 Å². The average molecular weight is 224 g/mol. The molecule has 1 fully saturated rings. The van der Waals surface area contributed by atoms with Crippen LogP contribution in [0.25, 0.3) is 0 Å². The highest BCUT2D eigenvalue weighted by Crippen LogP contribution is 2.31. The lowest BCUT2D eigenvalue weighted by Crippen LogP contribution is -2.18. The first-order valence-electron chi connectivity index (χ1n) is 5.02. The molecular formula is C11H13FN2O2. The number of nitrogens with one attached hydrogen (secondary N) is 1. The Morgan fingerprint density at radius 2 is 2.31 bits per heavy atom. The maximum atomic E-state index is 12.9. The Bertz CT molecular complexity index is 422. The van der Waals surface area contributed by atoms with Crippen LogP contribution in [0.1, 0.15) is 6.42 Å². The molecule has 0 spiro atoms. The predicted molar refractivity (Wildman–Crippen MR) is 57.7 cm³/mol. The van der Waals surface area contributed by atoms with Gasteiger partial charge in [-0.05, 0) is 18.6 Å². The zero-order chi connectivity index (χ0) is 11.7. The van der Waals surface area contributed by atoms with E-state index in [4.69, 9.17) is 10.5 Å². The van der Waals surface area contributed by atoms with Crippen molar-refractivity contribution in [2.45, 2.75) is 12.5 Å². The lowest BCUT2D eigenvalue weighted by molar-refractivity contribution is -0.117. The fourth-order valence-electron chi connectivity index (χ4n) is 1.51. The van der Waals surface area contributed by atoms with Crippen LogP contribution in [0.3, 0.4) is 0 Å². The van der Waals surface area contributed by atoms with Crippen molar-refractivity contribution in [3.05, 3.63) is 24.0 Å². The number of nitrogens with two attached hydrogens (primary N) is 1. The molecule has 0 heterocycles. The second-order valence-corrected chi connectivity index (χ2v) is 3.84. The van der Waals surface area contributed by atoms with Crippen molar-refractivity contribution in [2.75, 3.05) is 12.4 Å². The summed E-state index contributed by atoms with van der Waals surface area (Å²) >= 11 is 0. The molecule has 16 heavy (non-hydrogen) atoms. The van der Waals surface area contributed by atoms with E-state index in [0.717, 1.165) is 0 Å². The highest BCUT2D eigenvalue weighted by atomic mass is 19.1. The van der Waals surface area contributed by atoms with E-state index in [9.17, 15) is 9.18 Å².